The average Bonchev–Trinajstić information content (AvgIpc) is 2.81. The monoisotopic (exact) mass is 268 g/mol. The Hall–Kier alpha value is -1.66. The van der Waals surface area contributed by atoms with Gasteiger partial charge in [0.2, 0.25) is 5.78 Å². The maximum atomic E-state index is 13.4. The third kappa shape index (κ3) is 2.44. The van der Waals surface area contributed by atoms with Crippen LogP contribution in [0.4, 0.5) is 8.78 Å². The molecule has 0 aliphatic heterocycles. The number of nitrogens with two attached hydrogens (primary N) is 1. The largest absolute Gasteiger partial charge is 0.322 e. The van der Waals surface area contributed by atoms with Gasteiger partial charge in [-0.15, -0.1) is 11.3 Å². The van der Waals surface area contributed by atoms with Gasteiger partial charge in [-0.05, 0) is 25.1 Å². The van der Waals surface area contributed by atoms with Crippen LogP contribution in [0.2, 0.25) is 0 Å². The van der Waals surface area contributed by atoms with E-state index in [1.165, 1.54) is 16.7 Å². The normalized spacial score (nSPS) is 12.4. The van der Waals surface area contributed by atoms with Crippen LogP contribution in [0.1, 0.15) is 34.0 Å². The van der Waals surface area contributed by atoms with E-state index in [4.69, 9.17) is 5.73 Å². The molecule has 1 atom stereocenters. The molecule has 0 aliphatic rings. The van der Waals surface area contributed by atoms with E-state index in [1.807, 2.05) is 0 Å². The summed E-state index contributed by atoms with van der Waals surface area (Å²) in [5.74, 6) is -2.07. The number of hydrogen-bond acceptors (Lipinski definition) is 4. The highest BCUT2D eigenvalue weighted by molar-refractivity contribution is 7.09. The molecule has 0 fully saturated rings. The van der Waals surface area contributed by atoms with Crippen molar-refractivity contribution < 1.29 is 13.6 Å². The molecule has 0 amide bonds. The van der Waals surface area contributed by atoms with Crippen LogP contribution in [0.25, 0.3) is 0 Å². The van der Waals surface area contributed by atoms with Crippen molar-refractivity contribution in [2.75, 3.05) is 0 Å². The Balaban J connectivity index is 2.38. The lowest BCUT2D eigenvalue weighted by Gasteiger charge is -2.00. The van der Waals surface area contributed by atoms with Gasteiger partial charge in [0.25, 0.3) is 0 Å². The van der Waals surface area contributed by atoms with Gasteiger partial charge >= 0.3 is 0 Å². The van der Waals surface area contributed by atoms with E-state index in [0.29, 0.717) is 5.01 Å². The number of carbonyl (C=O) groups is 1. The molecule has 1 unspecified atom stereocenters. The number of benzene rings is 1. The molecule has 94 valence electrons. The topological polar surface area (TPSA) is 56.0 Å². The van der Waals surface area contributed by atoms with Crippen LogP contribution in [-0.2, 0) is 0 Å². The molecule has 18 heavy (non-hydrogen) atoms. The second kappa shape index (κ2) is 4.91. The molecule has 0 aliphatic carbocycles. The maximum absolute atomic E-state index is 13.4. The molecule has 1 aromatic heterocycles. The highest BCUT2D eigenvalue weighted by Crippen LogP contribution is 2.20. The van der Waals surface area contributed by atoms with Gasteiger partial charge in [-0.3, -0.25) is 4.79 Å². The SMILES string of the molecule is CC(N)c1nc(C(=O)c2cc(F)ccc2F)cs1. The zero-order valence-electron chi connectivity index (χ0n) is 9.48. The minimum atomic E-state index is -0.767. The quantitative estimate of drug-likeness (QED) is 0.871. The molecular weight excluding hydrogens is 258 g/mol. The second-order valence-electron chi connectivity index (χ2n) is 3.81. The second-order valence-corrected chi connectivity index (χ2v) is 4.70. The van der Waals surface area contributed by atoms with Gasteiger partial charge in [0.15, 0.2) is 0 Å². The predicted octanol–water partition coefficient (Wildman–Crippen LogP) is 2.67. The number of nitrogens with zero attached hydrogens (tertiary/aromatic N) is 1. The Labute approximate surface area is 106 Å². The van der Waals surface area contributed by atoms with Gasteiger partial charge in [-0.2, -0.15) is 0 Å². The standard InChI is InChI=1S/C12H10F2N2OS/c1-6(15)12-16-10(5-18-12)11(17)8-4-7(13)2-3-9(8)14/h2-6H,15H2,1H3. The summed E-state index contributed by atoms with van der Waals surface area (Å²) in [7, 11) is 0. The molecule has 2 aromatic rings. The summed E-state index contributed by atoms with van der Waals surface area (Å²) in [4.78, 5) is 16.0. The van der Waals surface area contributed by atoms with Gasteiger partial charge in [0.1, 0.15) is 22.3 Å². The molecule has 2 rings (SSSR count). The Morgan fingerprint density at radius 1 is 1.44 bits per heavy atom. The molecule has 0 radical (unpaired) electrons. The fourth-order valence-corrected chi connectivity index (χ4v) is 2.17. The zero-order valence-corrected chi connectivity index (χ0v) is 10.3. The lowest BCUT2D eigenvalue weighted by molar-refractivity contribution is 0.103. The number of rotatable bonds is 3. The Morgan fingerprint density at radius 3 is 2.78 bits per heavy atom. The summed E-state index contributed by atoms with van der Waals surface area (Å²) in [6.07, 6.45) is 0. The molecule has 0 saturated carbocycles. The molecule has 1 heterocycles. The van der Waals surface area contributed by atoms with Crippen LogP contribution in [0, 0.1) is 11.6 Å². The summed E-state index contributed by atoms with van der Waals surface area (Å²) in [5, 5.41) is 2.07. The molecule has 0 spiro atoms. The van der Waals surface area contributed by atoms with E-state index in [9.17, 15) is 13.6 Å². The van der Waals surface area contributed by atoms with Crippen molar-refractivity contribution in [1.82, 2.24) is 4.98 Å². The lowest BCUT2D eigenvalue weighted by Crippen LogP contribution is -2.08. The van der Waals surface area contributed by atoms with Gasteiger partial charge < -0.3 is 5.73 Å². The average molecular weight is 268 g/mol. The summed E-state index contributed by atoms with van der Waals surface area (Å²) < 4.78 is 26.4. The number of hydrogen-bond donors (Lipinski definition) is 1. The number of halogens is 2. The first-order valence-corrected chi connectivity index (χ1v) is 6.07. The summed E-state index contributed by atoms with van der Waals surface area (Å²) in [6, 6.07) is 2.44. The molecule has 6 heteroatoms. The predicted molar refractivity (Wildman–Crippen MR) is 64.5 cm³/mol. The van der Waals surface area contributed by atoms with Crippen molar-refractivity contribution in [2.24, 2.45) is 5.73 Å². The van der Waals surface area contributed by atoms with Crippen LogP contribution in [0.5, 0.6) is 0 Å². The highest BCUT2D eigenvalue weighted by Gasteiger charge is 2.18. The van der Waals surface area contributed by atoms with Crippen molar-refractivity contribution in [3.8, 4) is 0 Å². The Morgan fingerprint density at radius 2 is 2.17 bits per heavy atom. The van der Waals surface area contributed by atoms with E-state index in [-0.39, 0.29) is 17.3 Å². The van der Waals surface area contributed by atoms with E-state index < -0.39 is 17.4 Å². The number of thiazole rings is 1. The van der Waals surface area contributed by atoms with Crippen LogP contribution < -0.4 is 5.73 Å². The minimum absolute atomic E-state index is 0.0804. The van der Waals surface area contributed by atoms with Crippen molar-refractivity contribution in [3.05, 3.63) is 51.5 Å². The van der Waals surface area contributed by atoms with E-state index in [0.717, 1.165) is 18.2 Å². The first-order valence-electron chi connectivity index (χ1n) is 5.20. The van der Waals surface area contributed by atoms with Gasteiger partial charge in [0.05, 0.1) is 11.6 Å². The van der Waals surface area contributed by atoms with Crippen LogP contribution in [-0.4, -0.2) is 10.8 Å². The highest BCUT2D eigenvalue weighted by atomic mass is 32.1. The Kier molecular flexibility index (Phi) is 3.49. The number of aromatic nitrogens is 1. The lowest BCUT2D eigenvalue weighted by atomic mass is 10.1. The summed E-state index contributed by atoms with van der Waals surface area (Å²) >= 11 is 1.22. The fourth-order valence-electron chi connectivity index (χ4n) is 1.41. The third-order valence-corrected chi connectivity index (χ3v) is 3.36. The first kappa shape index (κ1) is 12.8. The van der Waals surface area contributed by atoms with Gasteiger partial charge in [-0.1, -0.05) is 0 Å². The molecule has 2 N–H and O–H groups in total. The first-order chi connectivity index (χ1) is 8.49. The molecule has 0 saturated heterocycles. The van der Waals surface area contributed by atoms with Crippen molar-refractivity contribution >= 4 is 17.1 Å². The van der Waals surface area contributed by atoms with Crippen LogP contribution >= 0.6 is 11.3 Å². The minimum Gasteiger partial charge on any atom is -0.322 e. The van der Waals surface area contributed by atoms with Crippen LogP contribution in [0.15, 0.2) is 23.6 Å². The van der Waals surface area contributed by atoms with E-state index in [2.05, 4.69) is 4.98 Å². The van der Waals surface area contributed by atoms with Crippen LogP contribution in [0.3, 0.4) is 0 Å². The smallest absolute Gasteiger partial charge is 0.215 e. The molecule has 3 nitrogen and oxygen atoms in total. The summed E-state index contributed by atoms with van der Waals surface area (Å²) in [5.41, 5.74) is 5.38. The van der Waals surface area contributed by atoms with Crippen molar-refractivity contribution in [1.29, 1.82) is 0 Å². The molecular formula is C12H10F2N2OS. The van der Waals surface area contributed by atoms with Gasteiger partial charge in [0, 0.05) is 5.38 Å². The number of ketones is 1. The van der Waals surface area contributed by atoms with Crippen molar-refractivity contribution in [3.63, 3.8) is 0 Å². The maximum Gasteiger partial charge on any atom is 0.215 e. The van der Waals surface area contributed by atoms with E-state index >= 15 is 0 Å². The fraction of sp³-hybridized carbons (Fsp3) is 0.167. The summed E-state index contributed by atoms with van der Waals surface area (Å²) in [6.45, 7) is 1.73. The van der Waals surface area contributed by atoms with Crippen molar-refractivity contribution in [2.45, 2.75) is 13.0 Å². The molecule has 0 bridgehead atoms. The molecule has 1 aromatic carbocycles. The zero-order chi connectivity index (χ0) is 13.3. The number of carbonyl (C=O) groups excluding carboxylic acids is 1. The third-order valence-electron chi connectivity index (χ3n) is 2.32. The Bertz CT molecular complexity index is 596. The van der Waals surface area contributed by atoms with Gasteiger partial charge in [-0.25, -0.2) is 13.8 Å². The van der Waals surface area contributed by atoms with E-state index in [1.54, 1.807) is 6.92 Å².